The maximum atomic E-state index is 13.0. The molecule has 1 aromatic carbocycles. The van der Waals surface area contributed by atoms with Gasteiger partial charge in [-0.15, -0.1) is 0 Å². The molecular weight excluding hydrogens is 388 g/mol. The van der Waals surface area contributed by atoms with E-state index in [0.29, 0.717) is 31.1 Å². The van der Waals surface area contributed by atoms with Gasteiger partial charge in [-0.1, -0.05) is 32.9 Å². The molecule has 1 N–H and O–H groups in total. The van der Waals surface area contributed by atoms with E-state index in [1.165, 1.54) is 4.31 Å². The summed E-state index contributed by atoms with van der Waals surface area (Å²) in [4.78, 5) is 17.1. The highest BCUT2D eigenvalue weighted by atomic mass is 32.2. The van der Waals surface area contributed by atoms with Gasteiger partial charge in [0.1, 0.15) is 0 Å². The molecule has 0 spiro atoms. The zero-order chi connectivity index (χ0) is 21.2. The molecule has 7 nitrogen and oxygen atoms in total. The van der Waals surface area contributed by atoms with Gasteiger partial charge in [0.15, 0.2) is 0 Å². The average molecular weight is 423 g/mol. The Bertz CT molecular complexity index is 803. The molecule has 2 fully saturated rings. The predicted molar refractivity (Wildman–Crippen MR) is 114 cm³/mol. The summed E-state index contributed by atoms with van der Waals surface area (Å²) in [5.74, 6) is 0.139. The first kappa shape index (κ1) is 22.2. The second kappa shape index (κ2) is 8.71. The largest absolute Gasteiger partial charge is 0.339 e. The van der Waals surface area contributed by atoms with Gasteiger partial charge >= 0.3 is 0 Å². The van der Waals surface area contributed by atoms with Crippen LogP contribution in [-0.4, -0.2) is 86.8 Å². The van der Waals surface area contributed by atoms with Crippen molar-refractivity contribution in [3.63, 3.8) is 0 Å². The SMILES string of the molecule is CC(C(=O)N1CCNCC1)N1CCN(S(=O)(=O)c2ccc(C(C)(C)C)cc2)CC1. The Labute approximate surface area is 175 Å². The lowest BCUT2D eigenvalue weighted by atomic mass is 9.87. The molecule has 0 radical (unpaired) electrons. The Kier molecular flexibility index (Phi) is 6.67. The Morgan fingerprint density at radius 3 is 2.03 bits per heavy atom. The second-order valence-electron chi connectivity index (χ2n) is 8.97. The number of rotatable bonds is 4. The molecule has 1 unspecified atom stereocenters. The van der Waals surface area contributed by atoms with Crippen molar-refractivity contribution in [2.75, 3.05) is 52.4 Å². The van der Waals surface area contributed by atoms with Crippen molar-refractivity contribution in [2.45, 2.75) is 44.0 Å². The summed E-state index contributed by atoms with van der Waals surface area (Å²) in [5.41, 5.74) is 1.10. The van der Waals surface area contributed by atoms with Crippen LogP contribution >= 0.6 is 0 Å². The fourth-order valence-corrected chi connectivity index (χ4v) is 5.34. The zero-order valence-corrected chi connectivity index (χ0v) is 18.8. The Hall–Kier alpha value is -1.48. The number of carbonyl (C=O) groups excluding carboxylic acids is 1. The summed E-state index contributed by atoms with van der Waals surface area (Å²) >= 11 is 0. The lowest BCUT2D eigenvalue weighted by Crippen LogP contribution is -2.57. The number of nitrogens with zero attached hydrogens (tertiary/aromatic N) is 3. The molecule has 0 aromatic heterocycles. The third kappa shape index (κ3) is 4.99. The van der Waals surface area contributed by atoms with Crippen LogP contribution < -0.4 is 5.32 Å². The van der Waals surface area contributed by atoms with Crippen molar-refractivity contribution in [1.29, 1.82) is 0 Å². The van der Waals surface area contributed by atoms with Crippen LogP contribution in [0.15, 0.2) is 29.2 Å². The minimum Gasteiger partial charge on any atom is -0.339 e. The molecule has 2 saturated heterocycles. The average Bonchev–Trinajstić information content (AvgIpc) is 2.73. The second-order valence-corrected chi connectivity index (χ2v) is 10.9. The molecule has 0 aliphatic carbocycles. The molecule has 162 valence electrons. The quantitative estimate of drug-likeness (QED) is 0.787. The van der Waals surface area contributed by atoms with Crippen LogP contribution in [0.3, 0.4) is 0 Å². The first-order valence-electron chi connectivity index (χ1n) is 10.4. The molecule has 29 heavy (non-hydrogen) atoms. The van der Waals surface area contributed by atoms with Gasteiger partial charge in [0, 0.05) is 52.4 Å². The minimum atomic E-state index is -3.51. The summed E-state index contributed by atoms with van der Waals surface area (Å²) < 4.78 is 27.6. The van der Waals surface area contributed by atoms with Gasteiger partial charge in [-0.25, -0.2) is 8.42 Å². The predicted octanol–water partition coefficient (Wildman–Crippen LogP) is 1.11. The highest BCUT2D eigenvalue weighted by molar-refractivity contribution is 7.89. The normalized spacial score (nSPS) is 21.2. The highest BCUT2D eigenvalue weighted by Crippen LogP contribution is 2.25. The van der Waals surface area contributed by atoms with Crippen LogP contribution in [0.5, 0.6) is 0 Å². The molecule has 2 aliphatic heterocycles. The van der Waals surface area contributed by atoms with Crippen molar-refractivity contribution in [3.8, 4) is 0 Å². The number of hydrogen-bond donors (Lipinski definition) is 1. The van der Waals surface area contributed by atoms with E-state index in [4.69, 9.17) is 0 Å². The van der Waals surface area contributed by atoms with E-state index >= 15 is 0 Å². The van der Waals surface area contributed by atoms with E-state index < -0.39 is 10.0 Å². The van der Waals surface area contributed by atoms with Crippen LogP contribution in [-0.2, 0) is 20.2 Å². The monoisotopic (exact) mass is 422 g/mol. The van der Waals surface area contributed by atoms with E-state index in [-0.39, 0.29) is 17.4 Å². The molecule has 0 saturated carbocycles. The number of amides is 1. The number of piperazine rings is 2. The van der Waals surface area contributed by atoms with E-state index in [9.17, 15) is 13.2 Å². The third-order valence-corrected chi connectivity index (χ3v) is 7.88. The fourth-order valence-electron chi connectivity index (χ4n) is 3.91. The summed E-state index contributed by atoms with van der Waals surface area (Å²) in [6, 6.07) is 7.00. The number of carbonyl (C=O) groups is 1. The molecule has 2 aliphatic rings. The number of hydrogen-bond acceptors (Lipinski definition) is 5. The summed E-state index contributed by atoms with van der Waals surface area (Å²) in [6.45, 7) is 13.3. The van der Waals surface area contributed by atoms with Gasteiger partial charge in [0.25, 0.3) is 0 Å². The third-order valence-electron chi connectivity index (χ3n) is 5.97. The van der Waals surface area contributed by atoms with Crippen molar-refractivity contribution in [2.24, 2.45) is 0 Å². The van der Waals surface area contributed by atoms with Crippen molar-refractivity contribution < 1.29 is 13.2 Å². The molecule has 1 aromatic rings. The Balaban J connectivity index is 1.61. The van der Waals surface area contributed by atoms with Crippen LogP contribution in [0.2, 0.25) is 0 Å². The summed E-state index contributed by atoms with van der Waals surface area (Å²) in [6.07, 6.45) is 0. The van der Waals surface area contributed by atoms with Crippen molar-refractivity contribution in [1.82, 2.24) is 19.4 Å². The van der Waals surface area contributed by atoms with Crippen LogP contribution in [0.4, 0.5) is 0 Å². The summed E-state index contributed by atoms with van der Waals surface area (Å²) in [7, 11) is -3.51. The van der Waals surface area contributed by atoms with Crippen LogP contribution in [0.25, 0.3) is 0 Å². The number of sulfonamides is 1. The Morgan fingerprint density at radius 2 is 1.52 bits per heavy atom. The van der Waals surface area contributed by atoms with Gasteiger partial charge in [-0.2, -0.15) is 4.31 Å². The topological polar surface area (TPSA) is 73.0 Å². The van der Waals surface area contributed by atoms with E-state index in [0.717, 1.165) is 31.7 Å². The van der Waals surface area contributed by atoms with Crippen LogP contribution in [0, 0.1) is 0 Å². The lowest BCUT2D eigenvalue weighted by Gasteiger charge is -2.39. The maximum Gasteiger partial charge on any atom is 0.243 e. The van der Waals surface area contributed by atoms with E-state index in [1.54, 1.807) is 12.1 Å². The minimum absolute atomic E-state index is 0.0129. The lowest BCUT2D eigenvalue weighted by molar-refractivity contribution is -0.137. The molecular formula is C21H34N4O3S. The van der Waals surface area contributed by atoms with Gasteiger partial charge in [-0.3, -0.25) is 9.69 Å². The molecule has 1 atom stereocenters. The van der Waals surface area contributed by atoms with Crippen molar-refractivity contribution >= 4 is 15.9 Å². The number of benzene rings is 1. The van der Waals surface area contributed by atoms with Crippen molar-refractivity contribution in [3.05, 3.63) is 29.8 Å². The van der Waals surface area contributed by atoms with Gasteiger partial charge in [-0.05, 0) is 30.0 Å². The molecule has 2 heterocycles. The van der Waals surface area contributed by atoms with E-state index in [2.05, 4.69) is 31.0 Å². The molecule has 3 rings (SSSR count). The summed E-state index contributed by atoms with van der Waals surface area (Å²) in [5, 5.41) is 3.26. The fraction of sp³-hybridized carbons (Fsp3) is 0.667. The smallest absolute Gasteiger partial charge is 0.243 e. The zero-order valence-electron chi connectivity index (χ0n) is 18.0. The number of nitrogens with one attached hydrogen (secondary N) is 1. The maximum absolute atomic E-state index is 13.0. The first-order chi connectivity index (χ1) is 13.6. The van der Waals surface area contributed by atoms with Gasteiger partial charge < -0.3 is 10.2 Å². The van der Waals surface area contributed by atoms with Gasteiger partial charge in [0.2, 0.25) is 15.9 Å². The standard InChI is InChI=1S/C21H34N4O3S/c1-17(20(26)24-11-9-22-10-12-24)23-13-15-25(16-14-23)29(27,28)19-7-5-18(6-8-19)21(2,3)4/h5-8,17,22H,9-16H2,1-4H3. The molecule has 8 heteroatoms. The highest BCUT2D eigenvalue weighted by Gasteiger charge is 2.33. The van der Waals surface area contributed by atoms with E-state index in [1.807, 2.05) is 24.0 Å². The van der Waals surface area contributed by atoms with Gasteiger partial charge in [0.05, 0.1) is 10.9 Å². The molecule has 0 bridgehead atoms. The van der Waals surface area contributed by atoms with Crippen LogP contribution in [0.1, 0.15) is 33.3 Å². The molecule has 1 amide bonds. The first-order valence-corrected chi connectivity index (χ1v) is 11.9. The Morgan fingerprint density at radius 1 is 0.966 bits per heavy atom.